The molecule has 3 aromatic carbocycles. The van der Waals surface area contributed by atoms with E-state index in [1.807, 2.05) is 54.6 Å². The molecule has 2 atom stereocenters. The molecule has 10 heteroatoms. The van der Waals surface area contributed by atoms with Crippen molar-refractivity contribution >= 4 is 11.1 Å². The minimum absolute atomic E-state index is 0.124. The lowest BCUT2D eigenvalue weighted by Gasteiger charge is -2.41. The van der Waals surface area contributed by atoms with E-state index in [4.69, 9.17) is 9.15 Å². The van der Waals surface area contributed by atoms with Crippen LogP contribution in [0.5, 0.6) is 0 Å². The Kier molecular flexibility index (Phi) is 7.19. The molecule has 2 heterocycles. The lowest BCUT2D eigenvalue weighted by Crippen LogP contribution is -2.42. The number of fused-ring (bicyclic) bond motifs is 1. The molecule has 1 saturated heterocycles. The Balaban J connectivity index is 1.41. The molecule has 200 valence electrons. The van der Waals surface area contributed by atoms with Crippen LogP contribution in [0.15, 0.2) is 77.2 Å². The van der Waals surface area contributed by atoms with Gasteiger partial charge in [0.15, 0.2) is 5.58 Å². The quantitative estimate of drug-likeness (QED) is 0.237. The highest BCUT2D eigenvalue weighted by molar-refractivity contribution is 5.72. The van der Waals surface area contributed by atoms with Crippen molar-refractivity contribution in [1.29, 1.82) is 0 Å². The van der Waals surface area contributed by atoms with Crippen molar-refractivity contribution in [2.75, 3.05) is 6.54 Å². The molecule has 0 spiro atoms. The fourth-order valence-electron chi connectivity index (χ4n) is 4.92. The SMILES string of the molecule is FC(F)(F)c1cc(COC2CCCN(Cc3nc4ccccc4o3)C2c2ccccc2)cc(C(F)(F)F)c1. The van der Waals surface area contributed by atoms with E-state index < -0.39 is 36.2 Å². The normalized spacial score (nSPS) is 19.2. The van der Waals surface area contributed by atoms with Crippen molar-refractivity contribution in [3.63, 3.8) is 0 Å². The fourth-order valence-corrected chi connectivity index (χ4v) is 4.92. The summed E-state index contributed by atoms with van der Waals surface area (Å²) < 4.78 is 91.9. The lowest BCUT2D eigenvalue weighted by molar-refractivity contribution is -0.143. The molecule has 4 nitrogen and oxygen atoms in total. The Bertz CT molecular complexity index is 1320. The van der Waals surface area contributed by atoms with E-state index in [0.717, 1.165) is 17.5 Å². The van der Waals surface area contributed by atoms with Crippen LogP contribution in [0.25, 0.3) is 11.1 Å². The molecule has 5 rings (SSSR count). The van der Waals surface area contributed by atoms with Gasteiger partial charge in [0.05, 0.1) is 36.4 Å². The third-order valence-corrected chi connectivity index (χ3v) is 6.61. The van der Waals surface area contributed by atoms with Gasteiger partial charge in [-0.25, -0.2) is 4.98 Å². The molecule has 1 aromatic heterocycles. The minimum Gasteiger partial charge on any atom is -0.439 e. The number of alkyl halides is 6. The molecule has 0 saturated carbocycles. The summed E-state index contributed by atoms with van der Waals surface area (Å²) >= 11 is 0. The number of piperidine rings is 1. The summed E-state index contributed by atoms with van der Waals surface area (Å²) in [5, 5.41) is 0. The van der Waals surface area contributed by atoms with Gasteiger partial charge in [-0.05, 0) is 60.8 Å². The molecule has 0 radical (unpaired) electrons. The second kappa shape index (κ2) is 10.4. The van der Waals surface area contributed by atoms with Gasteiger partial charge in [0, 0.05) is 0 Å². The number of rotatable bonds is 6. The van der Waals surface area contributed by atoms with Crippen LogP contribution < -0.4 is 0 Å². The van der Waals surface area contributed by atoms with Gasteiger partial charge in [-0.3, -0.25) is 4.90 Å². The summed E-state index contributed by atoms with van der Waals surface area (Å²) in [6, 6.07) is 18.1. The number of ether oxygens (including phenoxy) is 1. The summed E-state index contributed by atoms with van der Waals surface area (Å²) in [4.78, 5) is 6.68. The van der Waals surface area contributed by atoms with Crippen LogP contribution in [0.3, 0.4) is 0 Å². The number of para-hydroxylation sites is 2. The van der Waals surface area contributed by atoms with Crippen molar-refractivity contribution in [2.24, 2.45) is 0 Å². The zero-order chi connectivity index (χ0) is 26.9. The Labute approximate surface area is 214 Å². The van der Waals surface area contributed by atoms with Crippen LogP contribution in [0.2, 0.25) is 0 Å². The predicted molar refractivity (Wildman–Crippen MR) is 128 cm³/mol. The Hall–Kier alpha value is -3.37. The number of halogens is 6. The third-order valence-electron chi connectivity index (χ3n) is 6.61. The molecule has 0 N–H and O–H groups in total. The third kappa shape index (κ3) is 5.86. The monoisotopic (exact) mass is 534 g/mol. The van der Waals surface area contributed by atoms with Gasteiger partial charge in [0.1, 0.15) is 5.52 Å². The molecule has 1 fully saturated rings. The van der Waals surface area contributed by atoms with Crippen LogP contribution in [0.4, 0.5) is 26.3 Å². The molecular formula is C28H24F6N2O2. The predicted octanol–water partition coefficient (Wildman–Crippen LogP) is 7.79. The summed E-state index contributed by atoms with van der Waals surface area (Å²) in [6.45, 7) is 0.674. The molecule has 4 aromatic rings. The smallest absolute Gasteiger partial charge is 0.416 e. The van der Waals surface area contributed by atoms with Gasteiger partial charge in [-0.15, -0.1) is 0 Å². The highest BCUT2D eigenvalue weighted by atomic mass is 19.4. The van der Waals surface area contributed by atoms with Crippen molar-refractivity contribution < 1.29 is 35.5 Å². The summed E-state index contributed by atoms with van der Waals surface area (Å²) in [5.74, 6) is 0.514. The second-order valence-corrected chi connectivity index (χ2v) is 9.31. The highest BCUT2D eigenvalue weighted by Gasteiger charge is 2.38. The first-order valence-corrected chi connectivity index (χ1v) is 12.1. The second-order valence-electron chi connectivity index (χ2n) is 9.31. The number of hydrogen-bond acceptors (Lipinski definition) is 4. The van der Waals surface area contributed by atoms with E-state index in [2.05, 4.69) is 9.88 Å². The van der Waals surface area contributed by atoms with Crippen LogP contribution in [-0.4, -0.2) is 22.5 Å². The van der Waals surface area contributed by atoms with E-state index >= 15 is 0 Å². The first-order chi connectivity index (χ1) is 18.1. The van der Waals surface area contributed by atoms with Crippen LogP contribution in [0.1, 0.15) is 47.0 Å². The molecule has 0 aliphatic carbocycles. The number of oxazole rings is 1. The van der Waals surface area contributed by atoms with Crippen molar-refractivity contribution in [2.45, 2.75) is 50.5 Å². The van der Waals surface area contributed by atoms with E-state index in [1.165, 1.54) is 0 Å². The Morgan fingerprint density at radius 3 is 2.18 bits per heavy atom. The standard InChI is InChI=1S/C28H24F6N2O2/c29-27(30,31)20-13-18(14-21(15-20)28(32,33)34)17-37-24-11-6-12-36(26(24)19-7-2-1-3-8-19)16-25-35-22-9-4-5-10-23(22)38-25/h1-5,7-10,13-15,24,26H,6,11-12,16-17H2. The van der Waals surface area contributed by atoms with Crippen molar-refractivity contribution in [1.82, 2.24) is 9.88 Å². The molecule has 0 amide bonds. The topological polar surface area (TPSA) is 38.5 Å². The summed E-state index contributed by atoms with van der Waals surface area (Å²) in [6.07, 6.45) is -8.98. The maximum Gasteiger partial charge on any atom is 0.416 e. The fraction of sp³-hybridized carbons (Fsp3) is 0.321. The number of likely N-dealkylation sites (tertiary alicyclic amines) is 1. The zero-order valence-corrected chi connectivity index (χ0v) is 20.1. The maximum absolute atomic E-state index is 13.3. The van der Waals surface area contributed by atoms with Crippen molar-refractivity contribution in [3.05, 3.63) is 101 Å². The highest BCUT2D eigenvalue weighted by Crippen LogP contribution is 2.38. The molecule has 0 bridgehead atoms. The lowest BCUT2D eigenvalue weighted by atomic mass is 9.92. The summed E-state index contributed by atoms with van der Waals surface area (Å²) in [7, 11) is 0. The van der Waals surface area contributed by atoms with Crippen molar-refractivity contribution in [3.8, 4) is 0 Å². The number of nitrogens with zero attached hydrogens (tertiary/aromatic N) is 2. The molecule has 1 aliphatic heterocycles. The number of aromatic nitrogens is 1. The Morgan fingerprint density at radius 2 is 1.53 bits per heavy atom. The molecular weight excluding hydrogens is 510 g/mol. The maximum atomic E-state index is 13.3. The Morgan fingerprint density at radius 1 is 0.868 bits per heavy atom. The average molecular weight is 535 g/mol. The van der Waals surface area contributed by atoms with E-state index in [-0.39, 0.29) is 17.7 Å². The average Bonchev–Trinajstić information content (AvgIpc) is 3.29. The largest absolute Gasteiger partial charge is 0.439 e. The summed E-state index contributed by atoms with van der Waals surface area (Å²) in [5.41, 5.74) is -0.580. The van der Waals surface area contributed by atoms with E-state index in [0.29, 0.717) is 43.1 Å². The molecule has 38 heavy (non-hydrogen) atoms. The van der Waals surface area contributed by atoms with Gasteiger partial charge >= 0.3 is 12.4 Å². The van der Waals surface area contributed by atoms with Gasteiger partial charge in [0.2, 0.25) is 5.89 Å². The zero-order valence-electron chi connectivity index (χ0n) is 20.1. The van der Waals surface area contributed by atoms with Crippen LogP contribution in [-0.2, 0) is 30.2 Å². The van der Waals surface area contributed by atoms with Gasteiger partial charge < -0.3 is 9.15 Å². The van der Waals surface area contributed by atoms with Crippen LogP contribution in [0, 0.1) is 0 Å². The number of hydrogen-bond donors (Lipinski definition) is 0. The molecule has 2 unspecified atom stereocenters. The number of benzene rings is 3. The van der Waals surface area contributed by atoms with Crippen LogP contribution >= 0.6 is 0 Å². The van der Waals surface area contributed by atoms with E-state index in [1.54, 1.807) is 0 Å². The van der Waals surface area contributed by atoms with Gasteiger partial charge in [0.25, 0.3) is 0 Å². The van der Waals surface area contributed by atoms with E-state index in [9.17, 15) is 26.3 Å². The first-order valence-electron chi connectivity index (χ1n) is 12.1. The van der Waals surface area contributed by atoms with Gasteiger partial charge in [-0.2, -0.15) is 26.3 Å². The minimum atomic E-state index is -4.91. The first kappa shape index (κ1) is 26.2. The van der Waals surface area contributed by atoms with Gasteiger partial charge in [-0.1, -0.05) is 42.5 Å². The molecule has 1 aliphatic rings.